The van der Waals surface area contributed by atoms with Crippen molar-refractivity contribution in [2.24, 2.45) is 7.05 Å². The Labute approximate surface area is 233 Å². The third-order valence-electron chi connectivity index (χ3n) is 6.86. The Balaban J connectivity index is 1.59. The Morgan fingerprint density at radius 2 is 1.93 bits per heavy atom. The van der Waals surface area contributed by atoms with E-state index < -0.39 is 0 Å². The minimum absolute atomic E-state index is 0.304. The smallest absolute Gasteiger partial charge is 0.247 e. The number of nitrogens with zero attached hydrogens (tertiary/aromatic N) is 5. The maximum absolute atomic E-state index is 12.3. The Hall–Kier alpha value is -4.83. The van der Waals surface area contributed by atoms with Crippen LogP contribution in [-0.2, 0) is 11.8 Å². The standard InChI is InChI=1S/C30H34N8O2/c1-7-27(39)32-22-16-23(26(40-6)17-25(22)37(4)15-14-36(2)3)34-30-33-21-12-13-31-29(21)28(35-30)20-18-38(5)24-11-9-8-10-19(20)24/h7-13,16-18,31H,1,14-15H2,2-6H3,(H,32,39)(H,33,34,35). The van der Waals surface area contributed by atoms with Crippen LogP contribution >= 0.6 is 0 Å². The highest BCUT2D eigenvalue weighted by Crippen LogP contribution is 2.39. The first-order chi connectivity index (χ1) is 19.3. The number of anilines is 4. The van der Waals surface area contributed by atoms with Gasteiger partial charge in [0, 0.05) is 62.1 Å². The summed E-state index contributed by atoms with van der Waals surface area (Å²) < 4.78 is 7.87. The van der Waals surface area contributed by atoms with Gasteiger partial charge in [-0.15, -0.1) is 0 Å². The van der Waals surface area contributed by atoms with Gasteiger partial charge in [0.15, 0.2) is 0 Å². The zero-order valence-corrected chi connectivity index (χ0v) is 23.4. The summed E-state index contributed by atoms with van der Waals surface area (Å²) in [7, 11) is 9.67. The van der Waals surface area contributed by atoms with E-state index >= 15 is 0 Å². The zero-order valence-electron chi connectivity index (χ0n) is 23.4. The van der Waals surface area contributed by atoms with Crippen molar-refractivity contribution in [3.05, 3.63) is 67.5 Å². The quantitative estimate of drug-likeness (QED) is 0.215. The van der Waals surface area contributed by atoms with Crippen LogP contribution in [0.5, 0.6) is 5.75 Å². The maximum atomic E-state index is 12.3. The van der Waals surface area contributed by atoms with Crippen LogP contribution < -0.4 is 20.3 Å². The third-order valence-corrected chi connectivity index (χ3v) is 6.86. The number of hydrogen-bond donors (Lipinski definition) is 3. The fraction of sp³-hybridized carbons (Fsp3) is 0.233. The molecule has 10 heteroatoms. The van der Waals surface area contributed by atoms with Gasteiger partial charge in [0.05, 0.1) is 35.2 Å². The molecule has 3 aromatic heterocycles. The van der Waals surface area contributed by atoms with Crippen LogP contribution in [-0.4, -0.2) is 71.7 Å². The van der Waals surface area contributed by atoms with Gasteiger partial charge in [0.2, 0.25) is 11.9 Å². The Morgan fingerprint density at radius 1 is 1.12 bits per heavy atom. The van der Waals surface area contributed by atoms with Gasteiger partial charge < -0.3 is 34.7 Å². The number of carbonyl (C=O) groups excluding carboxylic acids is 1. The molecule has 0 unspecified atom stereocenters. The number of likely N-dealkylation sites (N-methyl/N-ethyl adjacent to an activating group) is 2. The predicted octanol–water partition coefficient (Wildman–Crippen LogP) is 4.99. The van der Waals surface area contributed by atoms with Crippen LogP contribution in [0.4, 0.5) is 23.0 Å². The third kappa shape index (κ3) is 5.21. The molecule has 0 aliphatic heterocycles. The second-order valence-corrected chi connectivity index (χ2v) is 9.92. The van der Waals surface area contributed by atoms with Gasteiger partial charge in [-0.2, -0.15) is 0 Å². The van der Waals surface area contributed by atoms with Crippen molar-refractivity contribution in [3.8, 4) is 17.0 Å². The van der Waals surface area contributed by atoms with Crippen LogP contribution in [0.15, 0.2) is 67.5 Å². The lowest BCUT2D eigenvalue weighted by molar-refractivity contribution is -0.111. The van der Waals surface area contributed by atoms with Crippen LogP contribution in [0.1, 0.15) is 0 Å². The molecule has 0 spiro atoms. The molecule has 1 amide bonds. The molecule has 0 saturated heterocycles. The summed E-state index contributed by atoms with van der Waals surface area (Å²) in [6.45, 7) is 5.20. The normalized spacial score (nSPS) is 11.2. The number of rotatable bonds is 10. The second-order valence-electron chi connectivity index (χ2n) is 9.92. The van der Waals surface area contributed by atoms with E-state index in [4.69, 9.17) is 14.7 Å². The SMILES string of the molecule is C=CC(=O)Nc1cc(Nc2nc(-c3cn(C)c4ccccc34)c3[nH]ccc3n2)c(OC)cc1N(C)CCN(C)C. The molecule has 3 heterocycles. The van der Waals surface area contributed by atoms with Gasteiger partial charge >= 0.3 is 0 Å². The molecule has 10 nitrogen and oxygen atoms in total. The number of aryl methyl sites for hydroxylation is 1. The number of benzene rings is 2. The molecule has 206 valence electrons. The lowest BCUT2D eigenvalue weighted by Crippen LogP contribution is -2.29. The lowest BCUT2D eigenvalue weighted by atomic mass is 10.1. The van der Waals surface area contributed by atoms with Crippen molar-refractivity contribution in [1.82, 2.24) is 24.4 Å². The van der Waals surface area contributed by atoms with Crippen molar-refractivity contribution in [2.45, 2.75) is 0 Å². The number of fused-ring (bicyclic) bond motifs is 2. The van der Waals surface area contributed by atoms with E-state index in [1.165, 1.54) is 6.08 Å². The number of aromatic amines is 1. The summed E-state index contributed by atoms with van der Waals surface area (Å²) in [5.41, 5.74) is 6.58. The van der Waals surface area contributed by atoms with Crippen molar-refractivity contribution >= 4 is 50.9 Å². The average molecular weight is 539 g/mol. The first-order valence-electron chi connectivity index (χ1n) is 13.0. The molecule has 0 saturated carbocycles. The number of methoxy groups -OCH3 is 1. The summed E-state index contributed by atoms with van der Waals surface area (Å²) >= 11 is 0. The molecular formula is C30H34N8O2. The fourth-order valence-corrected chi connectivity index (χ4v) is 4.75. The maximum Gasteiger partial charge on any atom is 0.247 e. The van der Waals surface area contributed by atoms with E-state index in [1.54, 1.807) is 7.11 Å². The second kappa shape index (κ2) is 11.1. The minimum Gasteiger partial charge on any atom is -0.494 e. The Bertz CT molecular complexity index is 1700. The van der Waals surface area contributed by atoms with Gasteiger partial charge in [-0.1, -0.05) is 24.8 Å². The van der Waals surface area contributed by atoms with Crippen LogP contribution in [0.2, 0.25) is 0 Å². The molecular weight excluding hydrogens is 504 g/mol. The predicted molar refractivity (Wildman–Crippen MR) is 163 cm³/mol. The summed E-state index contributed by atoms with van der Waals surface area (Å²) in [6, 6.07) is 13.9. The molecule has 0 fully saturated rings. The molecule has 0 aliphatic rings. The number of carbonyl (C=O) groups is 1. The van der Waals surface area contributed by atoms with Gasteiger partial charge in [-0.05, 0) is 38.4 Å². The monoisotopic (exact) mass is 538 g/mol. The molecule has 5 aromatic rings. The number of hydrogen-bond acceptors (Lipinski definition) is 7. The summed E-state index contributed by atoms with van der Waals surface area (Å²) in [4.78, 5) is 29.5. The molecule has 0 atom stereocenters. The van der Waals surface area contributed by atoms with E-state index in [9.17, 15) is 4.79 Å². The van der Waals surface area contributed by atoms with Crippen LogP contribution in [0.25, 0.3) is 33.2 Å². The Morgan fingerprint density at radius 3 is 2.67 bits per heavy atom. The van der Waals surface area contributed by atoms with Gasteiger partial charge in [0.25, 0.3) is 0 Å². The number of nitrogens with one attached hydrogen (secondary N) is 3. The van der Waals surface area contributed by atoms with Crippen molar-refractivity contribution < 1.29 is 9.53 Å². The molecule has 2 aromatic carbocycles. The van der Waals surface area contributed by atoms with Crippen LogP contribution in [0.3, 0.4) is 0 Å². The van der Waals surface area contributed by atoms with Gasteiger partial charge in [-0.25, -0.2) is 9.97 Å². The fourth-order valence-electron chi connectivity index (χ4n) is 4.75. The number of ether oxygens (including phenoxy) is 1. The largest absolute Gasteiger partial charge is 0.494 e. The molecule has 40 heavy (non-hydrogen) atoms. The van der Waals surface area contributed by atoms with Crippen molar-refractivity contribution in [3.63, 3.8) is 0 Å². The van der Waals surface area contributed by atoms with Gasteiger partial charge in [0.1, 0.15) is 11.4 Å². The zero-order chi connectivity index (χ0) is 28.4. The Kier molecular flexibility index (Phi) is 7.43. The highest BCUT2D eigenvalue weighted by Gasteiger charge is 2.19. The number of aromatic nitrogens is 4. The highest BCUT2D eigenvalue weighted by atomic mass is 16.5. The van der Waals surface area contributed by atoms with E-state index in [1.807, 2.05) is 64.7 Å². The highest BCUT2D eigenvalue weighted by molar-refractivity contribution is 6.03. The first kappa shape index (κ1) is 26.8. The number of amides is 1. The van der Waals surface area contributed by atoms with E-state index in [0.717, 1.165) is 52.0 Å². The molecule has 5 rings (SSSR count). The van der Waals surface area contributed by atoms with Crippen molar-refractivity contribution in [1.29, 1.82) is 0 Å². The van der Waals surface area contributed by atoms with E-state index in [-0.39, 0.29) is 5.91 Å². The summed E-state index contributed by atoms with van der Waals surface area (Å²) in [5, 5.41) is 7.38. The van der Waals surface area contributed by atoms with E-state index in [2.05, 4.69) is 54.9 Å². The average Bonchev–Trinajstić information content (AvgIpc) is 3.56. The topological polar surface area (TPSA) is 103 Å². The summed E-state index contributed by atoms with van der Waals surface area (Å²) in [6.07, 6.45) is 5.19. The summed E-state index contributed by atoms with van der Waals surface area (Å²) in [5.74, 6) is 0.692. The van der Waals surface area contributed by atoms with Crippen LogP contribution in [0, 0.1) is 0 Å². The van der Waals surface area contributed by atoms with Crippen molar-refractivity contribution in [2.75, 3.05) is 56.9 Å². The molecule has 0 bridgehead atoms. The molecule has 3 N–H and O–H groups in total. The number of H-pyrrole nitrogens is 1. The number of para-hydroxylation sites is 1. The lowest BCUT2D eigenvalue weighted by Gasteiger charge is -2.26. The van der Waals surface area contributed by atoms with E-state index in [0.29, 0.717) is 23.1 Å². The van der Waals surface area contributed by atoms with Gasteiger partial charge in [-0.3, -0.25) is 4.79 Å². The molecule has 0 radical (unpaired) electrons. The molecule has 0 aliphatic carbocycles. The first-order valence-corrected chi connectivity index (χ1v) is 13.0. The minimum atomic E-state index is -0.304.